The van der Waals surface area contributed by atoms with E-state index in [0.717, 1.165) is 11.3 Å². The van der Waals surface area contributed by atoms with Gasteiger partial charge in [-0.2, -0.15) is 0 Å². The number of nitrogens with one attached hydrogen (secondary N) is 2. The zero-order valence-electron chi connectivity index (χ0n) is 15.4. The zero-order valence-corrected chi connectivity index (χ0v) is 15.4. The van der Waals surface area contributed by atoms with Gasteiger partial charge in [0.05, 0.1) is 18.3 Å². The largest absolute Gasteiger partial charge is 0.382 e. The first-order valence-electron chi connectivity index (χ1n) is 8.24. The van der Waals surface area contributed by atoms with E-state index in [1.165, 1.54) is 4.90 Å². The fourth-order valence-corrected chi connectivity index (χ4v) is 2.51. The highest BCUT2D eigenvalue weighted by Gasteiger charge is 2.23. The Labute approximate surface area is 153 Å². The second kappa shape index (κ2) is 8.96. The summed E-state index contributed by atoms with van der Waals surface area (Å²) in [6.45, 7) is 2.19. The molecule has 0 saturated carbocycles. The van der Waals surface area contributed by atoms with Gasteiger partial charge in [-0.15, -0.1) is 0 Å². The van der Waals surface area contributed by atoms with Crippen LogP contribution in [0.25, 0.3) is 0 Å². The number of likely N-dealkylation sites (N-methyl/N-ethyl adjacent to an activating group) is 1. The van der Waals surface area contributed by atoms with Crippen molar-refractivity contribution in [1.29, 1.82) is 0 Å². The van der Waals surface area contributed by atoms with Crippen LogP contribution in [-0.4, -0.2) is 49.6 Å². The molecule has 26 heavy (non-hydrogen) atoms. The summed E-state index contributed by atoms with van der Waals surface area (Å²) in [5, 5.41) is 5.44. The molecule has 0 spiro atoms. The molecule has 0 fully saturated rings. The fourth-order valence-electron chi connectivity index (χ4n) is 2.51. The maximum absolute atomic E-state index is 12.7. The number of amides is 3. The lowest BCUT2D eigenvalue weighted by Gasteiger charge is -2.27. The molecule has 0 saturated heterocycles. The van der Waals surface area contributed by atoms with Crippen LogP contribution in [0, 0.1) is 6.92 Å². The molecule has 7 heteroatoms. The van der Waals surface area contributed by atoms with Crippen LogP contribution in [0.3, 0.4) is 0 Å². The van der Waals surface area contributed by atoms with E-state index in [-0.39, 0.29) is 18.0 Å². The summed E-state index contributed by atoms with van der Waals surface area (Å²) in [5.41, 5.74) is 2.66. The Balaban J connectivity index is 2.21. The number of rotatable bonds is 6. The molecule has 1 unspecified atom stereocenters. The van der Waals surface area contributed by atoms with Crippen molar-refractivity contribution < 1.29 is 14.3 Å². The molecule has 1 atom stereocenters. The highest BCUT2D eigenvalue weighted by Crippen LogP contribution is 2.21. The Morgan fingerprint density at radius 2 is 2.04 bits per heavy atom. The van der Waals surface area contributed by atoms with Crippen molar-refractivity contribution in [2.75, 3.05) is 33.1 Å². The number of anilines is 1. The molecule has 0 aliphatic rings. The summed E-state index contributed by atoms with van der Waals surface area (Å²) in [6.07, 6.45) is 1.68. The molecule has 2 aromatic rings. The predicted molar refractivity (Wildman–Crippen MR) is 100 cm³/mol. The first kappa shape index (κ1) is 19.4. The van der Waals surface area contributed by atoms with Crippen molar-refractivity contribution in [3.63, 3.8) is 0 Å². The van der Waals surface area contributed by atoms with Gasteiger partial charge in [0.25, 0.3) is 5.91 Å². The van der Waals surface area contributed by atoms with Crippen molar-refractivity contribution in [2.24, 2.45) is 0 Å². The molecule has 1 aromatic carbocycles. The number of carbonyl (C=O) groups excluding carboxylic acids is 2. The van der Waals surface area contributed by atoms with E-state index in [9.17, 15) is 9.59 Å². The minimum atomic E-state index is -0.330. The predicted octanol–water partition coefficient (Wildman–Crippen LogP) is 2.60. The van der Waals surface area contributed by atoms with E-state index in [2.05, 4.69) is 15.6 Å². The highest BCUT2D eigenvalue weighted by atomic mass is 16.5. The summed E-state index contributed by atoms with van der Waals surface area (Å²) in [4.78, 5) is 30.4. The second-order valence-corrected chi connectivity index (χ2v) is 5.88. The van der Waals surface area contributed by atoms with Crippen molar-refractivity contribution in [3.8, 4) is 0 Å². The molecule has 0 aliphatic carbocycles. The summed E-state index contributed by atoms with van der Waals surface area (Å²) in [7, 11) is 4.83. The molecular weight excluding hydrogens is 332 g/mol. The van der Waals surface area contributed by atoms with E-state index in [1.807, 2.05) is 25.1 Å². The average Bonchev–Trinajstić information content (AvgIpc) is 2.67. The number of ether oxygens (including phenoxy) is 1. The Morgan fingerprint density at radius 1 is 1.27 bits per heavy atom. The third-order valence-corrected chi connectivity index (χ3v) is 4.11. The summed E-state index contributed by atoms with van der Waals surface area (Å²) >= 11 is 0. The van der Waals surface area contributed by atoms with Gasteiger partial charge in [-0.1, -0.05) is 12.1 Å². The van der Waals surface area contributed by atoms with Gasteiger partial charge in [0.2, 0.25) is 0 Å². The molecule has 0 aliphatic heterocycles. The van der Waals surface area contributed by atoms with Gasteiger partial charge in [-0.25, -0.2) is 4.79 Å². The summed E-state index contributed by atoms with van der Waals surface area (Å²) < 4.78 is 5.25. The first-order valence-corrected chi connectivity index (χ1v) is 8.24. The fraction of sp³-hybridized carbons (Fsp3) is 0.316. The maximum Gasteiger partial charge on any atom is 0.322 e. The quantitative estimate of drug-likeness (QED) is 0.833. The number of methoxy groups -OCH3 is 1. The van der Waals surface area contributed by atoms with E-state index >= 15 is 0 Å². The minimum absolute atomic E-state index is 0.209. The molecule has 2 rings (SSSR count). The van der Waals surface area contributed by atoms with Crippen LogP contribution in [0.4, 0.5) is 10.5 Å². The summed E-state index contributed by atoms with van der Waals surface area (Å²) in [5.74, 6) is -0.209. The monoisotopic (exact) mass is 356 g/mol. The number of hydrogen-bond acceptors (Lipinski definition) is 4. The number of aromatic nitrogens is 1. The van der Waals surface area contributed by atoms with Crippen LogP contribution < -0.4 is 10.6 Å². The molecule has 3 amide bonds. The van der Waals surface area contributed by atoms with Gasteiger partial charge in [-0.05, 0) is 36.8 Å². The first-order chi connectivity index (χ1) is 12.5. The van der Waals surface area contributed by atoms with Crippen molar-refractivity contribution >= 4 is 17.6 Å². The number of carbonyl (C=O) groups is 2. The van der Waals surface area contributed by atoms with Crippen LogP contribution in [0.2, 0.25) is 0 Å². The summed E-state index contributed by atoms with van der Waals surface area (Å²) in [6, 6.07) is 10.1. The van der Waals surface area contributed by atoms with Crippen molar-refractivity contribution in [3.05, 3.63) is 59.4 Å². The number of pyridine rings is 1. The third kappa shape index (κ3) is 4.58. The normalized spacial score (nSPS) is 11.5. The Morgan fingerprint density at radius 3 is 2.65 bits per heavy atom. The molecule has 1 heterocycles. The van der Waals surface area contributed by atoms with Crippen LogP contribution in [0.1, 0.15) is 27.7 Å². The molecular formula is C19H24N4O3. The van der Waals surface area contributed by atoms with Gasteiger partial charge in [-0.3, -0.25) is 9.78 Å². The molecule has 138 valence electrons. The Hall–Kier alpha value is -2.93. The number of nitrogens with zero attached hydrogens (tertiary/aromatic N) is 2. The maximum atomic E-state index is 12.7. The lowest BCUT2D eigenvalue weighted by atomic mass is 10.1. The highest BCUT2D eigenvalue weighted by molar-refractivity contribution is 5.97. The third-order valence-electron chi connectivity index (χ3n) is 4.11. The lowest BCUT2D eigenvalue weighted by Crippen LogP contribution is -2.37. The minimum Gasteiger partial charge on any atom is -0.382 e. The van der Waals surface area contributed by atoms with Crippen LogP contribution in [-0.2, 0) is 4.74 Å². The van der Waals surface area contributed by atoms with Crippen LogP contribution in [0.5, 0.6) is 0 Å². The molecule has 7 nitrogen and oxygen atoms in total. The van der Waals surface area contributed by atoms with E-state index in [1.54, 1.807) is 45.6 Å². The standard InChI is InChI=1S/C19H24N4O3/c1-13-8-9-14(18(24)20-2)11-16(13)22-19(25)23(3)17(12-26-4)15-7-5-6-10-21-15/h5-11,17H,12H2,1-4H3,(H,20,24)(H,22,25). The van der Waals surface area contributed by atoms with Crippen molar-refractivity contribution in [2.45, 2.75) is 13.0 Å². The van der Waals surface area contributed by atoms with E-state index in [4.69, 9.17) is 4.74 Å². The lowest BCUT2D eigenvalue weighted by molar-refractivity contribution is 0.0963. The van der Waals surface area contributed by atoms with Crippen LogP contribution in [0.15, 0.2) is 42.6 Å². The van der Waals surface area contributed by atoms with Gasteiger partial charge < -0.3 is 20.3 Å². The number of hydrogen-bond donors (Lipinski definition) is 2. The second-order valence-electron chi connectivity index (χ2n) is 5.88. The van der Waals surface area contributed by atoms with E-state index < -0.39 is 0 Å². The number of urea groups is 1. The SMILES string of the molecule is CNC(=O)c1ccc(C)c(NC(=O)N(C)C(COC)c2ccccn2)c1. The van der Waals surface area contributed by atoms with Gasteiger partial charge in [0, 0.05) is 38.7 Å². The molecule has 0 bridgehead atoms. The molecule has 2 N–H and O–H groups in total. The van der Waals surface area contributed by atoms with Gasteiger partial charge in [0.1, 0.15) is 0 Å². The van der Waals surface area contributed by atoms with Crippen LogP contribution >= 0.6 is 0 Å². The number of benzene rings is 1. The number of aryl methyl sites for hydroxylation is 1. The van der Waals surface area contributed by atoms with Gasteiger partial charge >= 0.3 is 6.03 Å². The molecule has 0 radical (unpaired) electrons. The Kier molecular flexibility index (Phi) is 6.68. The smallest absolute Gasteiger partial charge is 0.322 e. The average molecular weight is 356 g/mol. The molecule has 1 aromatic heterocycles. The zero-order chi connectivity index (χ0) is 19.1. The van der Waals surface area contributed by atoms with Gasteiger partial charge in [0.15, 0.2) is 0 Å². The topological polar surface area (TPSA) is 83.6 Å². The van der Waals surface area contributed by atoms with Crippen molar-refractivity contribution in [1.82, 2.24) is 15.2 Å². The Bertz CT molecular complexity index is 765. The van der Waals surface area contributed by atoms with E-state index in [0.29, 0.717) is 17.9 Å².